The van der Waals surface area contributed by atoms with Crippen molar-refractivity contribution in [1.82, 2.24) is 4.98 Å². The van der Waals surface area contributed by atoms with E-state index in [1.54, 1.807) is 6.20 Å². The maximum absolute atomic E-state index is 5.93. The maximum Gasteiger partial charge on any atom is 0.143 e. The Balaban J connectivity index is 1.94. The number of fused-ring (bicyclic) bond motifs is 1. The summed E-state index contributed by atoms with van der Waals surface area (Å²) < 4.78 is 6.66. The molecule has 0 bridgehead atoms. The zero-order valence-corrected chi connectivity index (χ0v) is 12.5. The summed E-state index contributed by atoms with van der Waals surface area (Å²) in [6.07, 6.45) is 1.67. The van der Waals surface area contributed by atoms with Crippen molar-refractivity contribution in [2.45, 2.75) is 6.54 Å². The zero-order chi connectivity index (χ0) is 13.2. The Morgan fingerprint density at radius 2 is 2.16 bits per heavy atom. The van der Waals surface area contributed by atoms with Crippen LogP contribution in [0, 0.1) is 0 Å². The van der Waals surface area contributed by atoms with Crippen LogP contribution in [0.2, 0.25) is 5.02 Å². The lowest BCUT2D eigenvalue weighted by Gasteiger charge is -2.22. The Morgan fingerprint density at radius 3 is 3.00 bits per heavy atom. The van der Waals surface area contributed by atoms with E-state index in [4.69, 9.17) is 16.3 Å². The first-order valence-electron chi connectivity index (χ1n) is 6.01. The second-order valence-electron chi connectivity index (χ2n) is 4.34. The molecule has 0 saturated carbocycles. The molecule has 98 valence electrons. The van der Waals surface area contributed by atoms with Gasteiger partial charge in [0.15, 0.2) is 0 Å². The minimum absolute atomic E-state index is 0.627. The lowest BCUT2D eigenvalue weighted by molar-refractivity contribution is 0.331. The normalized spacial score (nSPS) is 14.5. The predicted octanol–water partition coefficient (Wildman–Crippen LogP) is 3.90. The summed E-state index contributed by atoms with van der Waals surface area (Å²) in [5, 5.41) is 0.627. The molecule has 1 aliphatic heterocycles. The molecule has 0 fully saturated rings. The summed E-state index contributed by atoms with van der Waals surface area (Å²) in [6.45, 7) is 2.22. The van der Waals surface area contributed by atoms with Crippen molar-refractivity contribution < 1.29 is 4.74 Å². The van der Waals surface area contributed by atoms with Crippen LogP contribution in [0.4, 0.5) is 5.82 Å². The average molecular weight is 340 g/mol. The van der Waals surface area contributed by atoms with Crippen molar-refractivity contribution in [1.29, 1.82) is 0 Å². The number of halogens is 2. The van der Waals surface area contributed by atoms with Crippen molar-refractivity contribution in [3.8, 4) is 5.75 Å². The van der Waals surface area contributed by atoms with Gasteiger partial charge in [-0.05, 0) is 28.1 Å². The van der Waals surface area contributed by atoms with E-state index in [-0.39, 0.29) is 0 Å². The first kappa shape index (κ1) is 12.8. The molecule has 5 heteroatoms. The lowest BCUT2D eigenvalue weighted by Crippen LogP contribution is -2.26. The second-order valence-corrected chi connectivity index (χ2v) is 5.63. The van der Waals surface area contributed by atoms with E-state index in [0.29, 0.717) is 11.6 Å². The number of anilines is 1. The lowest BCUT2D eigenvalue weighted by atomic mass is 10.2. The van der Waals surface area contributed by atoms with Crippen LogP contribution < -0.4 is 9.64 Å². The topological polar surface area (TPSA) is 25.4 Å². The first-order chi connectivity index (χ1) is 9.24. The number of aromatic nitrogens is 1. The molecule has 0 amide bonds. The van der Waals surface area contributed by atoms with Crippen LogP contribution in [-0.4, -0.2) is 18.1 Å². The van der Waals surface area contributed by atoms with Crippen molar-refractivity contribution in [2.75, 3.05) is 18.1 Å². The van der Waals surface area contributed by atoms with Crippen molar-refractivity contribution in [3.05, 3.63) is 51.6 Å². The fourth-order valence-corrected chi connectivity index (χ4v) is 3.04. The summed E-state index contributed by atoms with van der Waals surface area (Å²) in [6, 6.07) is 9.96. The van der Waals surface area contributed by atoms with E-state index in [1.807, 2.05) is 24.3 Å². The number of pyridine rings is 1. The molecule has 0 aliphatic carbocycles. The minimum Gasteiger partial charge on any atom is -0.491 e. The van der Waals surface area contributed by atoms with E-state index >= 15 is 0 Å². The van der Waals surface area contributed by atoms with Gasteiger partial charge in [0.05, 0.1) is 16.0 Å². The number of hydrogen-bond acceptors (Lipinski definition) is 3. The van der Waals surface area contributed by atoms with Gasteiger partial charge in [0, 0.05) is 18.3 Å². The van der Waals surface area contributed by atoms with Crippen molar-refractivity contribution in [3.63, 3.8) is 0 Å². The van der Waals surface area contributed by atoms with E-state index in [0.717, 1.165) is 29.1 Å². The Bertz CT molecular complexity index is 606. The summed E-state index contributed by atoms with van der Waals surface area (Å²) in [4.78, 5) is 6.59. The molecule has 3 nitrogen and oxygen atoms in total. The molecule has 1 aliphatic rings. The third-order valence-electron chi connectivity index (χ3n) is 3.04. The highest BCUT2D eigenvalue weighted by molar-refractivity contribution is 9.10. The summed E-state index contributed by atoms with van der Waals surface area (Å²) in [5.41, 5.74) is 1.17. The molecule has 1 aromatic carbocycles. The summed E-state index contributed by atoms with van der Waals surface area (Å²) >= 11 is 9.45. The Morgan fingerprint density at radius 1 is 1.32 bits per heavy atom. The van der Waals surface area contributed by atoms with Crippen molar-refractivity contribution in [2.24, 2.45) is 0 Å². The Labute approximate surface area is 125 Å². The highest BCUT2D eigenvalue weighted by atomic mass is 79.9. The average Bonchev–Trinajstić information content (AvgIpc) is 2.60. The first-order valence-corrected chi connectivity index (χ1v) is 7.18. The largest absolute Gasteiger partial charge is 0.491 e. The number of rotatable bonds is 1. The van der Waals surface area contributed by atoms with Crippen LogP contribution in [0.15, 0.2) is 41.0 Å². The molecule has 0 atom stereocenters. The molecule has 0 N–H and O–H groups in total. The number of benzene rings is 1. The van der Waals surface area contributed by atoms with Gasteiger partial charge in [0.2, 0.25) is 0 Å². The standard InChI is InChI=1S/C14H12BrClN2O/c15-12-7-11(16)8-17-14(12)18-5-6-19-13-4-2-1-3-10(13)9-18/h1-4,7-8H,5-6,9H2. The molecule has 0 radical (unpaired) electrons. The molecule has 0 saturated heterocycles. The highest BCUT2D eigenvalue weighted by Gasteiger charge is 2.18. The van der Waals surface area contributed by atoms with Gasteiger partial charge in [-0.25, -0.2) is 4.98 Å². The van der Waals surface area contributed by atoms with E-state index in [2.05, 4.69) is 31.9 Å². The zero-order valence-electron chi connectivity index (χ0n) is 10.1. The fraction of sp³-hybridized carbons (Fsp3) is 0.214. The third-order valence-corrected chi connectivity index (χ3v) is 3.83. The van der Waals surface area contributed by atoms with Crippen LogP contribution >= 0.6 is 27.5 Å². The quantitative estimate of drug-likeness (QED) is 0.788. The molecule has 0 unspecified atom stereocenters. The summed E-state index contributed by atoms with van der Waals surface area (Å²) in [7, 11) is 0. The molecule has 2 aromatic rings. The van der Waals surface area contributed by atoms with E-state index in [1.165, 1.54) is 5.56 Å². The van der Waals surface area contributed by atoms with Gasteiger partial charge in [0.1, 0.15) is 18.2 Å². The van der Waals surface area contributed by atoms with E-state index < -0.39 is 0 Å². The van der Waals surface area contributed by atoms with Gasteiger partial charge in [0.25, 0.3) is 0 Å². The van der Waals surface area contributed by atoms with Crippen LogP contribution in [0.1, 0.15) is 5.56 Å². The monoisotopic (exact) mass is 338 g/mol. The number of para-hydroxylation sites is 1. The van der Waals surface area contributed by atoms with Gasteiger partial charge in [-0.1, -0.05) is 29.8 Å². The molecule has 19 heavy (non-hydrogen) atoms. The molecular weight excluding hydrogens is 328 g/mol. The SMILES string of the molecule is Clc1cnc(N2CCOc3ccccc3C2)c(Br)c1. The predicted molar refractivity (Wildman–Crippen MR) is 79.9 cm³/mol. The number of ether oxygens (including phenoxy) is 1. The van der Waals surface area contributed by atoms with Gasteiger partial charge in [-0.15, -0.1) is 0 Å². The Hall–Kier alpha value is -1.26. The number of hydrogen-bond donors (Lipinski definition) is 0. The fourth-order valence-electron chi connectivity index (χ4n) is 2.15. The van der Waals surface area contributed by atoms with Crippen LogP contribution in [-0.2, 0) is 6.54 Å². The summed E-state index contributed by atoms with van der Waals surface area (Å²) in [5.74, 6) is 1.85. The molecule has 2 heterocycles. The van der Waals surface area contributed by atoms with Gasteiger partial charge >= 0.3 is 0 Å². The van der Waals surface area contributed by atoms with E-state index in [9.17, 15) is 0 Å². The van der Waals surface area contributed by atoms with Gasteiger partial charge < -0.3 is 9.64 Å². The Kier molecular flexibility index (Phi) is 3.62. The second kappa shape index (κ2) is 5.39. The van der Waals surface area contributed by atoms with Crippen LogP contribution in [0.3, 0.4) is 0 Å². The highest BCUT2D eigenvalue weighted by Crippen LogP contribution is 2.30. The van der Waals surface area contributed by atoms with Crippen LogP contribution in [0.5, 0.6) is 5.75 Å². The van der Waals surface area contributed by atoms with Crippen LogP contribution in [0.25, 0.3) is 0 Å². The molecule has 1 aromatic heterocycles. The van der Waals surface area contributed by atoms with Gasteiger partial charge in [-0.3, -0.25) is 0 Å². The maximum atomic E-state index is 5.93. The van der Waals surface area contributed by atoms with Crippen molar-refractivity contribution >= 4 is 33.3 Å². The van der Waals surface area contributed by atoms with Gasteiger partial charge in [-0.2, -0.15) is 0 Å². The molecule has 0 spiro atoms. The molecule has 3 rings (SSSR count). The smallest absolute Gasteiger partial charge is 0.143 e. The minimum atomic E-state index is 0.627. The third kappa shape index (κ3) is 2.69. The molecular formula is C14H12BrClN2O. The number of nitrogens with zero attached hydrogens (tertiary/aromatic N) is 2.